The van der Waals surface area contributed by atoms with Gasteiger partial charge in [-0.3, -0.25) is 4.90 Å². The topological polar surface area (TPSA) is 47.1 Å². The van der Waals surface area contributed by atoms with Crippen molar-refractivity contribution in [2.45, 2.75) is 37.9 Å². The second-order valence-corrected chi connectivity index (χ2v) is 10.0. The summed E-state index contributed by atoms with van der Waals surface area (Å²) in [4.78, 5) is 35.0. The monoisotopic (exact) mass is 502 g/mol. The van der Waals surface area contributed by atoms with Crippen LogP contribution in [0.2, 0.25) is 5.02 Å². The minimum Gasteiger partial charge on any atom is -0.323 e. The smallest absolute Gasteiger partial charge is 0.323 e. The first-order chi connectivity index (χ1) is 17.5. The number of carbonyl (C=O) groups is 2. The van der Waals surface area contributed by atoms with E-state index in [-0.39, 0.29) is 24.1 Å². The summed E-state index contributed by atoms with van der Waals surface area (Å²) in [6.07, 6.45) is 2.87. The van der Waals surface area contributed by atoms with Crippen LogP contribution in [0.15, 0.2) is 84.9 Å². The predicted molar refractivity (Wildman–Crippen MR) is 144 cm³/mol. The van der Waals surface area contributed by atoms with Crippen LogP contribution < -0.4 is 4.90 Å². The molecule has 0 radical (unpaired) electrons. The highest BCUT2D eigenvalue weighted by Gasteiger charge is 2.43. The third-order valence-electron chi connectivity index (χ3n) is 7.09. The molecule has 0 saturated carbocycles. The summed E-state index contributed by atoms with van der Waals surface area (Å²) in [6, 6.07) is 27.1. The second-order valence-electron chi connectivity index (χ2n) is 9.60. The lowest BCUT2D eigenvalue weighted by atomic mass is 9.91. The number of likely N-dealkylation sites (tertiary alicyclic amines) is 1. The molecule has 3 aromatic rings. The highest BCUT2D eigenvalue weighted by Crippen LogP contribution is 2.33. The van der Waals surface area contributed by atoms with E-state index < -0.39 is 0 Å². The molecule has 2 atom stereocenters. The Balaban J connectivity index is 1.34. The van der Waals surface area contributed by atoms with Gasteiger partial charge in [0.25, 0.3) is 0 Å². The van der Waals surface area contributed by atoms with Crippen molar-refractivity contribution in [1.82, 2.24) is 14.7 Å². The molecule has 2 bridgehead atoms. The van der Waals surface area contributed by atoms with Gasteiger partial charge in [0.15, 0.2) is 0 Å². The Hall–Kier alpha value is -3.51. The molecule has 7 heteroatoms. The Morgan fingerprint density at radius 3 is 1.86 bits per heavy atom. The number of fused-ring (bicyclic) bond motifs is 2. The average Bonchev–Trinajstić information content (AvgIpc) is 2.90. The molecule has 2 heterocycles. The number of carbonyl (C=O) groups excluding carboxylic acids is 2. The number of rotatable bonds is 4. The molecule has 4 amide bonds. The fourth-order valence-electron chi connectivity index (χ4n) is 5.37. The fourth-order valence-corrected chi connectivity index (χ4v) is 5.50. The molecule has 0 spiro atoms. The lowest BCUT2D eigenvalue weighted by molar-refractivity contribution is 0.0237. The molecular weight excluding hydrogens is 472 g/mol. The molecule has 2 fully saturated rings. The Morgan fingerprint density at radius 1 is 0.806 bits per heavy atom. The Bertz CT molecular complexity index is 1140. The van der Waals surface area contributed by atoms with Crippen LogP contribution in [0, 0.1) is 0 Å². The van der Waals surface area contributed by atoms with E-state index in [0.717, 1.165) is 36.2 Å². The number of piperidine rings is 1. The quantitative estimate of drug-likeness (QED) is 0.415. The van der Waals surface area contributed by atoms with Crippen LogP contribution in [0.25, 0.3) is 0 Å². The van der Waals surface area contributed by atoms with Crippen LogP contribution in [0.5, 0.6) is 0 Å². The van der Waals surface area contributed by atoms with Gasteiger partial charge in [0.2, 0.25) is 0 Å². The van der Waals surface area contributed by atoms with E-state index in [1.54, 1.807) is 9.80 Å². The molecule has 5 rings (SSSR count). The van der Waals surface area contributed by atoms with E-state index in [0.29, 0.717) is 24.7 Å². The van der Waals surface area contributed by atoms with Gasteiger partial charge in [-0.05, 0) is 61.2 Å². The Labute approximate surface area is 217 Å². The van der Waals surface area contributed by atoms with Crippen molar-refractivity contribution in [3.8, 4) is 0 Å². The molecule has 0 aliphatic carbocycles. The Kier molecular flexibility index (Phi) is 7.14. The predicted octanol–water partition coefficient (Wildman–Crippen LogP) is 6.39. The number of anilines is 2. The van der Waals surface area contributed by atoms with Crippen LogP contribution in [-0.4, -0.2) is 59.0 Å². The van der Waals surface area contributed by atoms with Crippen LogP contribution in [-0.2, 0) is 6.54 Å². The number of hydrogen-bond donors (Lipinski definition) is 0. The first kappa shape index (κ1) is 24.2. The molecule has 2 aliphatic heterocycles. The maximum Gasteiger partial charge on any atom is 0.329 e. The lowest BCUT2D eigenvalue weighted by Crippen LogP contribution is -2.66. The summed E-state index contributed by atoms with van der Waals surface area (Å²) in [5.74, 6) is 0. The van der Waals surface area contributed by atoms with Crippen molar-refractivity contribution in [2.24, 2.45) is 0 Å². The van der Waals surface area contributed by atoms with Crippen molar-refractivity contribution < 1.29 is 9.59 Å². The summed E-state index contributed by atoms with van der Waals surface area (Å²) < 4.78 is 0. The number of piperazine rings is 1. The molecule has 6 nitrogen and oxygen atoms in total. The van der Waals surface area contributed by atoms with Crippen LogP contribution >= 0.6 is 11.6 Å². The van der Waals surface area contributed by atoms with E-state index in [2.05, 4.69) is 0 Å². The highest BCUT2D eigenvalue weighted by atomic mass is 35.5. The van der Waals surface area contributed by atoms with Crippen LogP contribution in [0.4, 0.5) is 21.0 Å². The highest BCUT2D eigenvalue weighted by molar-refractivity contribution is 6.30. The van der Waals surface area contributed by atoms with Gasteiger partial charge in [0.05, 0.1) is 23.5 Å². The lowest BCUT2D eigenvalue weighted by Gasteiger charge is -2.51. The van der Waals surface area contributed by atoms with Crippen molar-refractivity contribution in [1.29, 1.82) is 0 Å². The standard InChI is InChI=1S/C29H31ClN4O2/c1-31(19-22-15-17-23(30)18-16-22)28(35)34-26-13-8-14-27(34)21-32(20-26)29(36)33(24-9-4-2-5-10-24)25-11-6-3-7-12-25/h2-7,9-12,15-18,26-27H,8,13-14,19-21H2,1H3/t26-,27+. The van der Waals surface area contributed by atoms with Gasteiger partial charge >= 0.3 is 12.1 Å². The second kappa shape index (κ2) is 10.6. The number of halogens is 1. The first-order valence-electron chi connectivity index (χ1n) is 12.5. The third-order valence-corrected chi connectivity index (χ3v) is 7.35. The van der Waals surface area contributed by atoms with Gasteiger partial charge in [-0.2, -0.15) is 0 Å². The zero-order valence-corrected chi connectivity index (χ0v) is 21.2. The van der Waals surface area contributed by atoms with Gasteiger partial charge in [-0.1, -0.05) is 60.1 Å². The molecule has 3 aromatic carbocycles. The molecule has 186 valence electrons. The summed E-state index contributed by atoms with van der Waals surface area (Å²) in [5, 5.41) is 0.683. The summed E-state index contributed by atoms with van der Waals surface area (Å²) in [6.45, 7) is 1.59. The molecule has 36 heavy (non-hydrogen) atoms. The summed E-state index contributed by atoms with van der Waals surface area (Å²) in [5.41, 5.74) is 2.70. The first-order valence-corrected chi connectivity index (χ1v) is 12.9. The van der Waals surface area contributed by atoms with Crippen molar-refractivity contribution in [2.75, 3.05) is 25.0 Å². The summed E-state index contributed by atoms with van der Waals surface area (Å²) >= 11 is 6.01. The van der Waals surface area contributed by atoms with E-state index in [4.69, 9.17) is 11.6 Å². The molecule has 2 aliphatic rings. The molecule has 0 unspecified atom stereocenters. The van der Waals surface area contributed by atoms with E-state index in [9.17, 15) is 9.59 Å². The van der Waals surface area contributed by atoms with E-state index in [1.165, 1.54) is 0 Å². The fraction of sp³-hybridized carbons (Fsp3) is 0.310. The van der Waals surface area contributed by atoms with Gasteiger partial charge in [0, 0.05) is 31.7 Å². The maximum atomic E-state index is 13.9. The maximum absolute atomic E-state index is 13.9. The molecule has 2 saturated heterocycles. The van der Waals surface area contributed by atoms with E-state index >= 15 is 0 Å². The summed E-state index contributed by atoms with van der Waals surface area (Å²) in [7, 11) is 1.84. The third kappa shape index (κ3) is 5.05. The van der Waals surface area contributed by atoms with Gasteiger partial charge in [-0.15, -0.1) is 0 Å². The number of para-hydroxylation sites is 2. The zero-order valence-electron chi connectivity index (χ0n) is 20.5. The van der Waals surface area contributed by atoms with Gasteiger partial charge in [-0.25, -0.2) is 9.59 Å². The number of nitrogens with zero attached hydrogens (tertiary/aromatic N) is 4. The normalized spacial score (nSPS) is 19.1. The van der Waals surface area contributed by atoms with Crippen LogP contribution in [0.3, 0.4) is 0 Å². The minimum absolute atomic E-state index is 0.00927. The molecule has 0 aromatic heterocycles. The van der Waals surface area contributed by atoms with Crippen molar-refractivity contribution in [3.05, 3.63) is 95.5 Å². The van der Waals surface area contributed by atoms with Crippen molar-refractivity contribution >= 4 is 35.0 Å². The molecular formula is C29H31ClN4O2. The largest absolute Gasteiger partial charge is 0.329 e. The average molecular weight is 503 g/mol. The SMILES string of the molecule is CN(Cc1ccc(Cl)cc1)C(=O)N1[C@@H]2CCC[C@H]1CN(C(=O)N(c1ccccc1)c1ccccc1)C2. The van der Waals surface area contributed by atoms with Gasteiger partial charge < -0.3 is 14.7 Å². The van der Waals surface area contributed by atoms with Crippen LogP contribution in [0.1, 0.15) is 24.8 Å². The zero-order chi connectivity index (χ0) is 25.1. The number of hydrogen-bond acceptors (Lipinski definition) is 2. The number of amides is 4. The van der Waals surface area contributed by atoms with Gasteiger partial charge in [0.1, 0.15) is 0 Å². The van der Waals surface area contributed by atoms with E-state index in [1.807, 2.05) is 102 Å². The van der Waals surface area contributed by atoms with Crippen molar-refractivity contribution in [3.63, 3.8) is 0 Å². The minimum atomic E-state index is -0.0501. The number of urea groups is 2. The number of benzene rings is 3. The molecule has 0 N–H and O–H groups in total. The Morgan fingerprint density at radius 2 is 1.33 bits per heavy atom.